The monoisotopic (exact) mass is 467 g/mol. The van der Waals surface area contributed by atoms with Gasteiger partial charge in [-0.1, -0.05) is 30.3 Å². The Bertz CT molecular complexity index is 1170. The van der Waals surface area contributed by atoms with E-state index in [1.54, 1.807) is 0 Å². The number of alkyl halides is 5. The van der Waals surface area contributed by atoms with Crippen molar-refractivity contribution in [1.29, 1.82) is 0 Å². The molecule has 1 amide bonds. The topological polar surface area (TPSA) is 84.2 Å². The molecule has 0 spiro atoms. The summed E-state index contributed by atoms with van der Waals surface area (Å²) < 4.78 is 67.2. The summed E-state index contributed by atoms with van der Waals surface area (Å²) in [6, 6.07) is 9.93. The fraction of sp³-hybridized carbons (Fsp3) is 0.227. The SMILES string of the molecule is Cn1nc(Cc2cccc(C(F)(F)F)c2)c(C(=O)NCc2ccc(C(=O)O)cc2)c1C(F)F. The zero-order valence-electron chi connectivity index (χ0n) is 17.2. The number of halogens is 5. The second-order valence-corrected chi connectivity index (χ2v) is 7.19. The van der Waals surface area contributed by atoms with Crippen molar-refractivity contribution in [3.63, 3.8) is 0 Å². The number of carbonyl (C=O) groups excluding carboxylic acids is 1. The normalized spacial score (nSPS) is 11.6. The van der Waals surface area contributed by atoms with Crippen LogP contribution in [0.15, 0.2) is 48.5 Å². The first kappa shape index (κ1) is 23.9. The van der Waals surface area contributed by atoms with Gasteiger partial charge in [0.1, 0.15) is 5.69 Å². The van der Waals surface area contributed by atoms with Crippen LogP contribution in [0.4, 0.5) is 22.0 Å². The van der Waals surface area contributed by atoms with E-state index in [0.717, 1.165) is 16.8 Å². The fourth-order valence-corrected chi connectivity index (χ4v) is 3.30. The molecule has 3 rings (SSSR count). The van der Waals surface area contributed by atoms with Crippen molar-refractivity contribution in [2.75, 3.05) is 0 Å². The molecule has 3 aromatic rings. The Kier molecular flexibility index (Phi) is 6.80. The lowest BCUT2D eigenvalue weighted by atomic mass is 10.0. The largest absolute Gasteiger partial charge is 0.478 e. The Morgan fingerprint density at radius 3 is 2.33 bits per heavy atom. The van der Waals surface area contributed by atoms with Gasteiger partial charge < -0.3 is 10.4 Å². The second-order valence-electron chi connectivity index (χ2n) is 7.19. The van der Waals surface area contributed by atoms with Crippen LogP contribution in [0.5, 0.6) is 0 Å². The number of carbonyl (C=O) groups is 2. The summed E-state index contributed by atoms with van der Waals surface area (Å²) in [6.45, 7) is -0.0840. The summed E-state index contributed by atoms with van der Waals surface area (Å²) in [5.41, 5.74) is -1.34. The summed E-state index contributed by atoms with van der Waals surface area (Å²) in [5, 5.41) is 15.4. The van der Waals surface area contributed by atoms with Crippen LogP contribution in [-0.2, 0) is 26.2 Å². The smallest absolute Gasteiger partial charge is 0.416 e. The Morgan fingerprint density at radius 1 is 1.09 bits per heavy atom. The average molecular weight is 467 g/mol. The zero-order chi connectivity index (χ0) is 24.3. The maximum Gasteiger partial charge on any atom is 0.416 e. The highest BCUT2D eigenvalue weighted by Crippen LogP contribution is 2.31. The molecule has 0 aliphatic heterocycles. The molecule has 11 heteroatoms. The highest BCUT2D eigenvalue weighted by Gasteiger charge is 2.31. The third-order valence-corrected chi connectivity index (χ3v) is 4.88. The first-order chi connectivity index (χ1) is 15.5. The molecular formula is C22H18F5N3O3. The van der Waals surface area contributed by atoms with Crippen molar-refractivity contribution in [1.82, 2.24) is 15.1 Å². The lowest BCUT2D eigenvalue weighted by molar-refractivity contribution is -0.137. The number of carboxylic acids is 1. The van der Waals surface area contributed by atoms with Gasteiger partial charge in [-0.2, -0.15) is 18.3 Å². The zero-order valence-corrected chi connectivity index (χ0v) is 17.2. The van der Waals surface area contributed by atoms with E-state index in [1.165, 1.54) is 43.4 Å². The highest BCUT2D eigenvalue weighted by atomic mass is 19.4. The van der Waals surface area contributed by atoms with Crippen molar-refractivity contribution in [2.24, 2.45) is 7.05 Å². The minimum atomic E-state index is -4.58. The summed E-state index contributed by atoms with van der Waals surface area (Å²) in [6.07, 6.45) is -7.89. The molecule has 0 aliphatic rings. The van der Waals surface area contributed by atoms with Gasteiger partial charge in [-0.05, 0) is 29.3 Å². The van der Waals surface area contributed by atoms with Crippen LogP contribution in [0, 0.1) is 0 Å². The van der Waals surface area contributed by atoms with Gasteiger partial charge >= 0.3 is 12.1 Å². The Hall–Kier alpha value is -3.76. The molecule has 0 fully saturated rings. The van der Waals surface area contributed by atoms with Crippen molar-refractivity contribution < 1.29 is 36.6 Å². The number of rotatable bonds is 7. The van der Waals surface area contributed by atoms with E-state index in [4.69, 9.17) is 5.11 Å². The lowest BCUT2D eigenvalue weighted by Gasteiger charge is -2.10. The Labute approximate surface area is 184 Å². The predicted octanol–water partition coefficient (Wildman–Crippen LogP) is 4.60. The number of benzene rings is 2. The quantitative estimate of drug-likeness (QED) is 0.498. The average Bonchev–Trinajstić information content (AvgIpc) is 3.07. The number of aromatic carboxylic acids is 1. The number of aromatic nitrogens is 2. The van der Waals surface area contributed by atoms with E-state index in [1.807, 2.05) is 0 Å². The van der Waals surface area contributed by atoms with E-state index in [-0.39, 0.29) is 29.8 Å². The van der Waals surface area contributed by atoms with Crippen molar-refractivity contribution in [3.05, 3.63) is 87.7 Å². The number of hydrogen-bond acceptors (Lipinski definition) is 3. The molecule has 174 valence electrons. The summed E-state index contributed by atoms with van der Waals surface area (Å²) >= 11 is 0. The van der Waals surface area contributed by atoms with E-state index in [0.29, 0.717) is 5.56 Å². The van der Waals surface area contributed by atoms with Crippen molar-refractivity contribution >= 4 is 11.9 Å². The first-order valence-electron chi connectivity index (χ1n) is 9.58. The molecule has 1 heterocycles. The molecule has 6 nitrogen and oxygen atoms in total. The number of nitrogens with zero attached hydrogens (tertiary/aromatic N) is 2. The molecule has 0 unspecified atom stereocenters. The molecule has 2 N–H and O–H groups in total. The molecular weight excluding hydrogens is 449 g/mol. The number of hydrogen-bond donors (Lipinski definition) is 2. The van der Waals surface area contributed by atoms with Crippen LogP contribution >= 0.6 is 0 Å². The summed E-state index contributed by atoms with van der Waals surface area (Å²) in [7, 11) is 1.22. The highest BCUT2D eigenvalue weighted by molar-refractivity contribution is 5.96. The van der Waals surface area contributed by atoms with Gasteiger partial charge in [0.2, 0.25) is 0 Å². The predicted molar refractivity (Wildman–Crippen MR) is 107 cm³/mol. The van der Waals surface area contributed by atoms with Crippen LogP contribution in [-0.4, -0.2) is 26.8 Å². The third kappa shape index (κ3) is 5.54. The van der Waals surface area contributed by atoms with Crippen LogP contribution in [0.25, 0.3) is 0 Å². The summed E-state index contributed by atoms with van der Waals surface area (Å²) in [4.78, 5) is 23.7. The van der Waals surface area contributed by atoms with Gasteiger partial charge in [0.05, 0.1) is 22.4 Å². The molecule has 0 bridgehead atoms. The van der Waals surface area contributed by atoms with E-state index >= 15 is 0 Å². The Morgan fingerprint density at radius 2 is 1.76 bits per heavy atom. The van der Waals surface area contributed by atoms with Gasteiger partial charge in [-0.15, -0.1) is 0 Å². The number of amides is 1. The molecule has 0 saturated carbocycles. The first-order valence-corrected chi connectivity index (χ1v) is 9.58. The Balaban J connectivity index is 1.87. The fourth-order valence-electron chi connectivity index (χ4n) is 3.30. The van der Waals surface area contributed by atoms with Gasteiger partial charge in [0.25, 0.3) is 12.3 Å². The van der Waals surface area contributed by atoms with Crippen molar-refractivity contribution in [2.45, 2.75) is 25.6 Å². The van der Waals surface area contributed by atoms with Gasteiger partial charge in [0.15, 0.2) is 0 Å². The van der Waals surface area contributed by atoms with E-state index < -0.39 is 41.3 Å². The van der Waals surface area contributed by atoms with Crippen LogP contribution < -0.4 is 5.32 Å². The van der Waals surface area contributed by atoms with Crippen LogP contribution in [0.3, 0.4) is 0 Å². The van der Waals surface area contributed by atoms with Gasteiger partial charge in [0, 0.05) is 20.0 Å². The molecule has 0 radical (unpaired) electrons. The van der Waals surface area contributed by atoms with E-state index in [9.17, 15) is 31.5 Å². The van der Waals surface area contributed by atoms with Crippen LogP contribution in [0.1, 0.15) is 55.2 Å². The maximum absolute atomic E-state index is 13.7. The van der Waals surface area contributed by atoms with Crippen molar-refractivity contribution in [3.8, 4) is 0 Å². The second kappa shape index (κ2) is 9.39. The standard InChI is InChI=1S/C22H18F5N3O3/c1-30-18(19(23)24)17(20(31)28-11-12-5-7-14(8-6-12)21(32)33)16(29-30)10-13-3-2-4-15(9-13)22(25,26)27/h2-9,19H,10-11H2,1H3,(H,28,31)(H,32,33). The third-order valence-electron chi connectivity index (χ3n) is 4.88. The number of carboxylic acid groups (broad SMARTS) is 1. The molecule has 2 aromatic carbocycles. The summed E-state index contributed by atoms with van der Waals surface area (Å²) in [5.74, 6) is -2.00. The maximum atomic E-state index is 13.7. The van der Waals surface area contributed by atoms with Gasteiger partial charge in [-0.25, -0.2) is 13.6 Å². The number of nitrogens with one attached hydrogen (secondary N) is 1. The molecule has 1 aromatic heterocycles. The molecule has 0 saturated heterocycles. The minimum absolute atomic E-state index is 0.0423. The molecule has 0 atom stereocenters. The number of aryl methyl sites for hydroxylation is 1. The lowest BCUT2D eigenvalue weighted by Crippen LogP contribution is -2.25. The minimum Gasteiger partial charge on any atom is -0.478 e. The van der Waals surface area contributed by atoms with E-state index in [2.05, 4.69) is 10.4 Å². The van der Waals surface area contributed by atoms with Crippen LogP contribution in [0.2, 0.25) is 0 Å². The molecule has 0 aliphatic carbocycles. The molecule has 33 heavy (non-hydrogen) atoms. The van der Waals surface area contributed by atoms with Gasteiger partial charge in [-0.3, -0.25) is 9.48 Å².